The van der Waals surface area contributed by atoms with Crippen LogP contribution in [-0.2, 0) is 10.2 Å². The minimum absolute atomic E-state index is 0.0747. The van der Waals surface area contributed by atoms with Gasteiger partial charge in [-0.15, -0.1) is 0 Å². The van der Waals surface area contributed by atoms with Crippen molar-refractivity contribution in [3.63, 3.8) is 0 Å². The average molecular weight is 294 g/mol. The quantitative estimate of drug-likeness (QED) is 0.884. The largest absolute Gasteiger partial charge is 0.338 e. The molecule has 21 heavy (non-hydrogen) atoms. The summed E-state index contributed by atoms with van der Waals surface area (Å²) < 4.78 is 5.17. The normalized spacial score (nSPS) is 24.0. The molecule has 1 aromatic heterocycles. The molecule has 2 unspecified atom stereocenters. The van der Waals surface area contributed by atoms with Crippen molar-refractivity contribution in [3.05, 3.63) is 11.8 Å². The molecule has 1 aromatic rings. The number of hydrogen-bond acceptors (Lipinski definition) is 5. The molecule has 1 aliphatic rings. The molecular weight excluding hydrogens is 268 g/mol. The van der Waals surface area contributed by atoms with E-state index in [9.17, 15) is 4.79 Å². The first-order valence-corrected chi connectivity index (χ1v) is 7.50. The summed E-state index contributed by atoms with van der Waals surface area (Å²) in [5, 5.41) is 6.76. The van der Waals surface area contributed by atoms with E-state index in [1.165, 1.54) is 0 Å². The van der Waals surface area contributed by atoms with Crippen molar-refractivity contribution in [2.75, 3.05) is 25.0 Å². The highest BCUT2D eigenvalue weighted by molar-refractivity contribution is 5.91. The van der Waals surface area contributed by atoms with Crippen LogP contribution in [0.25, 0.3) is 0 Å². The third-order valence-electron chi connectivity index (χ3n) is 3.96. The first-order valence-electron chi connectivity index (χ1n) is 7.50. The number of piperidine rings is 1. The molecule has 0 aromatic carbocycles. The van der Waals surface area contributed by atoms with Gasteiger partial charge in [0, 0.05) is 30.6 Å². The molecule has 2 rings (SSSR count). The van der Waals surface area contributed by atoms with Crippen LogP contribution in [0.1, 0.15) is 39.8 Å². The lowest BCUT2D eigenvalue weighted by Gasteiger charge is -2.34. The topological polar surface area (TPSA) is 84.4 Å². The van der Waals surface area contributed by atoms with Gasteiger partial charge in [0.1, 0.15) is 0 Å². The molecule has 3 N–H and O–H groups in total. The summed E-state index contributed by atoms with van der Waals surface area (Å²) in [6, 6.07) is 2.03. The average Bonchev–Trinajstić information content (AvgIpc) is 2.82. The number of nitrogens with two attached hydrogens (primary N) is 1. The Bertz CT molecular complexity index is 492. The van der Waals surface area contributed by atoms with Gasteiger partial charge in [-0.3, -0.25) is 15.0 Å². The lowest BCUT2D eigenvalue weighted by Crippen LogP contribution is -2.48. The van der Waals surface area contributed by atoms with Crippen molar-refractivity contribution >= 4 is 11.8 Å². The second-order valence-electron chi connectivity index (χ2n) is 7.04. The zero-order valence-electron chi connectivity index (χ0n) is 13.3. The van der Waals surface area contributed by atoms with Crippen LogP contribution in [0, 0.1) is 5.92 Å². The van der Waals surface area contributed by atoms with E-state index in [2.05, 4.69) is 43.1 Å². The van der Waals surface area contributed by atoms with E-state index in [1.54, 1.807) is 6.07 Å². The number of rotatable bonds is 3. The molecule has 0 radical (unpaired) electrons. The lowest BCUT2D eigenvalue weighted by atomic mass is 9.92. The van der Waals surface area contributed by atoms with Gasteiger partial charge in [-0.2, -0.15) is 0 Å². The standard InChI is InChI=1S/C15H26N4O2/c1-10-8-19(6-5-11(10)16)9-13(20)17-14-7-12(18-21-14)15(2,3)4/h7,10-11H,5-6,8-9,16H2,1-4H3,(H,17,20). The van der Waals surface area contributed by atoms with Crippen molar-refractivity contribution in [1.29, 1.82) is 0 Å². The van der Waals surface area contributed by atoms with Gasteiger partial charge < -0.3 is 10.3 Å². The SMILES string of the molecule is CC1CN(CC(=O)Nc2cc(C(C)(C)C)no2)CCC1N. The van der Waals surface area contributed by atoms with Crippen LogP contribution in [-0.4, -0.2) is 41.6 Å². The van der Waals surface area contributed by atoms with E-state index in [0.29, 0.717) is 18.3 Å². The number of nitrogens with one attached hydrogen (secondary N) is 1. The van der Waals surface area contributed by atoms with Crippen molar-refractivity contribution in [1.82, 2.24) is 10.1 Å². The number of amides is 1. The van der Waals surface area contributed by atoms with Crippen molar-refractivity contribution in [2.24, 2.45) is 11.7 Å². The van der Waals surface area contributed by atoms with Crippen LogP contribution < -0.4 is 11.1 Å². The smallest absolute Gasteiger partial charge is 0.240 e. The summed E-state index contributed by atoms with van der Waals surface area (Å²) in [7, 11) is 0. The second-order valence-corrected chi connectivity index (χ2v) is 7.04. The molecule has 1 amide bonds. The van der Waals surface area contributed by atoms with Crippen LogP contribution >= 0.6 is 0 Å². The molecular formula is C15H26N4O2. The zero-order chi connectivity index (χ0) is 15.6. The molecule has 0 bridgehead atoms. The van der Waals surface area contributed by atoms with E-state index >= 15 is 0 Å². The predicted molar refractivity (Wildman–Crippen MR) is 82.0 cm³/mol. The van der Waals surface area contributed by atoms with E-state index in [4.69, 9.17) is 10.3 Å². The fraction of sp³-hybridized carbons (Fsp3) is 0.733. The van der Waals surface area contributed by atoms with E-state index in [-0.39, 0.29) is 17.4 Å². The van der Waals surface area contributed by atoms with Crippen LogP contribution in [0.15, 0.2) is 10.6 Å². The Kier molecular flexibility index (Phi) is 4.68. The zero-order valence-corrected chi connectivity index (χ0v) is 13.3. The van der Waals surface area contributed by atoms with Crippen LogP contribution in [0.2, 0.25) is 0 Å². The molecule has 0 saturated carbocycles. The van der Waals surface area contributed by atoms with Gasteiger partial charge in [0.25, 0.3) is 0 Å². The Labute approximate surface area is 126 Å². The van der Waals surface area contributed by atoms with Gasteiger partial charge in [0.15, 0.2) is 0 Å². The van der Waals surface area contributed by atoms with E-state index < -0.39 is 0 Å². The second kappa shape index (κ2) is 6.15. The molecule has 2 atom stereocenters. The Morgan fingerprint density at radius 2 is 2.29 bits per heavy atom. The number of carbonyl (C=O) groups is 1. The van der Waals surface area contributed by atoms with Gasteiger partial charge in [0.2, 0.25) is 11.8 Å². The maximum Gasteiger partial charge on any atom is 0.240 e. The van der Waals surface area contributed by atoms with Crippen molar-refractivity contribution in [2.45, 2.75) is 45.6 Å². The fourth-order valence-electron chi connectivity index (χ4n) is 2.46. The number of carbonyl (C=O) groups excluding carboxylic acids is 1. The van der Waals surface area contributed by atoms with Gasteiger partial charge in [0.05, 0.1) is 12.2 Å². The summed E-state index contributed by atoms with van der Waals surface area (Å²) in [6.45, 7) is 10.4. The molecule has 1 aliphatic heterocycles. The Balaban J connectivity index is 1.86. The monoisotopic (exact) mass is 294 g/mol. The lowest BCUT2D eigenvalue weighted by molar-refractivity contribution is -0.117. The Morgan fingerprint density at radius 3 is 2.86 bits per heavy atom. The highest BCUT2D eigenvalue weighted by Crippen LogP contribution is 2.23. The predicted octanol–water partition coefficient (Wildman–Crippen LogP) is 1.58. The van der Waals surface area contributed by atoms with E-state index in [1.807, 2.05) is 0 Å². The van der Waals surface area contributed by atoms with Gasteiger partial charge in [-0.05, 0) is 12.3 Å². The maximum atomic E-state index is 12.1. The summed E-state index contributed by atoms with van der Waals surface area (Å²) >= 11 is 0. The van der Waals surface area contributed by atoms with Gasteiger partial charge in [-0.1, -0.05) is 32.9 Å². The highest BCUT2D eigenvalue weighted by Gasteiger charge is 2.25. The molecule has 1 saturated heterocycles. The molecule has 6 heteroatoms. The third-order valence-corrected chi connectivity index (χ3v) is 3.96. The molecule has 0 aliphatic carbocycles. The number of aromatic nitrogens is 1. The van der Waals surface area contributed by atoms with Crippen LogP contribution in [0.4, 0.5) is 5.88 Å². The third kappa shape index (κ3) is 4.28. The van der Waals surface area contributed by atoms with Crippen molar-refractivity contribution < 1.29 is 9.32 Å². The molecule has 1 fully saturated rings. The molecule has 0 spiro atoms. The summed E-state index contributed by atoms with van der Waals surface area (Å²) in [6.07, 6.45) is 0.935. The summed E-state index contributed by atoms with van der Waals surface area (Å²) in [4.78, 5) is 14.2. The minimum atomic E-state index is -0.0923. The number of hydrogen-bond donors (Lipinski definition) is 2. The first kappa shape index (κ1) is 16.0. The molecule has 6 nitrogen and oxygen atoms in total. The van der Waals surface area contributed by atoms with Gasteiger partial charge in [-0.25, -0.2) is 0 Å². The highest BCUT2D eigenvalue weighted by atomic mass is 16.5. The summed E-state index contributed by atoms with van der Waals surface area (Å²) in [5.41, 5.74) is 6.72. The first-order chi connectivity index (χ1) is 9.75. The van der Waals surface area contributed by atoms with Crippen LogP contribution in [0.5, 0.6) is 0 Å². The summed E-state index contributed by atoms with van der Waals surface area (Å²) in [5.74, 6) is 0.755. The Hall–Kier alpha value is -1.40. The van der Waals surface area contributed by atoms with E-state index in [0.717, 1.165) is 25.2 Å². The molecule has 118 valence electrons. The molecule has 2 heterocycles. The minimum Gasteiger partial charge on any atom is -0.338 e. The van der Waals surface area contributed by atoms with Gasteiger partial charge >= 0.3 is 0 Å². The number of likely N-dealkylation sites (tertiary alicyclic amines) is 1. The number of anilines is 1. The fourth-order valence-corrected chi connectivity index (χ4v) is 2.46. The Morgan fingerprint density at radius 1 is 1.57 bits per heavy atom. The van der Waals surface area contributed by atoms with Crippen LogP contribution in [0.3, 0.4) is 0 Å². The number of nitrogens with zero attached hydrogens (tertiary/aromatic N) is 2. The maximum absolute atomic E-state index is 12.1. The van der Waals surface area contributed by atoms with Crippen molar-refractivity contribution in [3.8, 4) is 0 Å².